The fourth-order valence-corrected chi connectivity index (χ4v) is 5.51. The lowest BCUT2D eigenvalue weighted by Gasteiger charge is -2.39. The predicted molar refractivity (Wildman–Crippen MR) is 147 cm³/mol. The van der Waals surface area contributed by atoms with E-state index in [4.69, 9.17) is 23.4 Å². The van der Waals surface area contributed by atoms with Crippen LogP contribution in [0.25, 0.3) is 0 Å². The average molecular weight is 542 g/mol. The van der Waals surface area contributed by atoms with Crippen LogP contribution in [-0.2, 0) is 36.6 Å². The Kier molecular flexibility index (Phi) is 10.8. The molecule has 0 radical (unpaired) electrons. The van der Waals surface area contributed by atoms with Gasteiger partial charge < -0.3 is 23.4 Å². The molecule has 6 nitrogen and oxygen atoms in total. The van der Waals surface area contributed by atoms with E-state index in [0.29, 0.717) is 26.0 Å². The van der Waals surface area contributed by atoms with Crippen LogP contribution in [0, 0.1) is 16.7 Å². The van der Waals surface area contributed by atoms with E-state index in [2.05, 4.69) is 39.9 Å². The largest absolute Gasteiger partial charge is 0.410 e. The van der Waals surface area contributed by atoms with E-state index < -0.39 is 25.9 Å². The van der Waals surface area contributed by atoms with Crippen LogP contribution in [0.3, 0.4) is 0 Å². The molecule has 0 spiro atoms. The Hall–Kier alpha value is -2.38. The fraction of sp³-hybridized carbons (Fsp3) is 0.500. The molecule has 2 aromatic rings. The summed E-state index contributed by atoms with van der Waals surface area (Å²) in [7, 11) is -2.27. The fourth-order valence-electron chi connectivity index (χ4n) is 4.22. The molecule has 0 saturated heterocycles. The third-order valence-electron chi connectivity index (χ3n) is 7.47. The molecule has 1 aliphatic rings. The molecular formula is C30H40FNO5Si. The topological polar surface area (TPSA) is 69.9 Å². The van der Waals surface area contributed by atoms with E-state index in [-0.39, 0.29) is 30.8 Å². The minimum atomic E-state index is -2.27. The molecule has 8 heteroatoms. The maximum absolute atomic E-state index is 14.5. The van der Waals surface area contributed by atoms with Crippen LogP contribution < -0.4 is 0 Å². The smallest absolute Gasteiger partial charge is 0.192 e. The molecule has 1 fully saturated rings. The first-order chi connectivity index (χ1) is 18.1. The third-order valence-corrected chi connectivity index (χ3v) is 12.0. The van der Waals surface area contributed by atoms with E-state index in [0.717, 1.165) is 11.1 Å². The van der Waals surface area contributed by atoms with Crippen LogP contribution in [0.1, 0.15) is 38.3 Å². The Morgan fingerprint density at radius 1 is 0.947 bits per heavy atom. The van der Waals surface area contributed by atoms with Gasteiger partial charge in [-0.3, -0.25) is 0 Å². The molecular weight excluding hydrogens is 501 g/mol. The van der Waals surface area contributed by atoms with Gasteiger partial charge in [0.2, 0.25) is 0 Å². The van der Waals surface area contributed by atoms with Crippen molar-refractivity contribution in [3.05, 3.63) is 83.7 Å². The molecule has 0 heterocycles. The monoisotopic (exact) mass is 541 g/mol. The minimum Gasteiger partial charge on any atom is -0.410 e. The number of hydrogen-bond acceptors (Lipinski definition) is 6. The molecule has 3 atom stereocenters. The average Bonchev–Trinajstić information content (AvgIpc) is 3.18. The highest BCUT2D eigenvalue weighted by Crippen LogP contribution is 2.49. The van der Waals surface area contributed by atoms with Crippen LogP contribution in [0.4, 0.5) is 4.39 Å². The summed E-state index contributed by atoms with van der Waals surface area (Å²) in [6, 6.07) is 21.8. The first kappa shape index (κ1) is 30.2. The lowest BCUT2D eigenvalue weighted by molar-refractivity contribution is -0.136. The molecule has 0 bridgehead atoms. The van der Waals surface area contributed by atoms with Crippen LogP contribution >= 0.6 is 0 Å². The highest BCUT2D eigenvalue weighted by atomic mass is 28.4. The van der Waals surface area contributed by atoms with Crippen molar-refractivity contribution in [1.82, 2.24) is 0 Å². The highest BCUT2D eigenvalue weighted by molar-refractivity contribution is 6.74. The summed E-state index contributed by atoms with van der Waals surface area (Å²) in [5, 5.41) is 10.3. The van der Waals surface area contributed by atoms with Crippen molar-refractivity contribution in [2.75, 3.05) is 20.2 Å². The zero-order chi connectivity index (χ0) is 27.7. The van der Waals surface area contributed by atoms with E-state index in [1.165, 1.54) is 0 Å². The highest BCUT2D eigenvalue weighted by Gasteiger charge is 2.56. The number of hydrogen-bond donors (Lipinski definition) is 0. The zero-order valence-corrected chi connectivity index (χ0v) is 24.1. The molecule has 0 aromatic heterocycles. The summed E-state index contributed by atoms with van der Waals surface area (Å²) in [6.45, 7) is 11.2. The van der Waals surface area contributed by atoms with E-state index >= 15 is 0 Å². The lowest BCUT2D eigenvalue weighted by atomic mass is 9.83. The van der Waals surface area contributed by atoms with Crippen LogP contribution in [0.2, 0.25) is 18.1 Å². The molecule has 3 unspecified atom stereocenters. The molecule has 2 aromatic carbocycles. The predicted octanol–water partition coefficient (Wildman–Crippen LogP) is 6.89. The first-order valence-corrected chi connectivity index (χ1v) is 15.9. The van der Waals surface area contributed by atoms with Gasteiger partial charge in [-0.2, -0.15) is 5.26 Å². The molecule has 38 heavy (non-hydrogen) atoms. The van der Waals surface area contributed by atoms with Crippen LogP contribution in [-0.4, -0.2) is 40.7 Å². The maximum atomic E-state index is 14.5. The standard InChI is InChI=1S/C30H40FNO5Si/c1-29(2,3)38(4,5)37-27-16-28(36-23-34-19-25-14-10-7-11-15-25)30(20-32,26(27)17-31)21-35-22-33-18-24-12-8-6-9-13-24/h6-15,17,27-28H,16,18-19,21-23H2,1-5H3/b26-17-. The summed E-state index contributed by atoms with van der Waals surface area (Å²) in [4.78, 5) is 0. The Balaban J connectivity index is 1.70. The van der Waals surface area contributed by atoms with Gasteiger partial charge in [-0.25, -0.2) is 4.39 Å². The van der Waals surface area contributed by atoms with Crippen molar-refractivity contribution in [1.29, 1.82) is 5.26 Å². The molecule has 1 saturated carbocycles. The molecule has 0 amide bonds. The third kappa shape index (κ3) is 7.60. The molecule has 0 aliphatic heterocycles. The van der Waals surface area contributed by atoms with Crippen molar-refractivity contribution in [2.24, 2.45) is 5.41 Å². The van der Waals surface area contributed by atoms with Crippen molar-refractivity contribution in [2.45, 2.75) is 70.7 Å². The van der Waals surface area contributed by atoms with Gasteiger partial charge in [-0.1, -0.05) is 81.4 Å². The van der Waals surface area contributed by atoms with Crippen molar-refractivity contribution >= 4 is 8.32 Å². The number of nitriles is 1. The first-order valence-electron chi connectivity index (χ1n) is 13.0. The Labute approximate surface area is 227 Å². The summed E-state index contributed by atoms with van der Waals surface area (Å²) in [5.74, 6) is 0. The summed E-state index contributed by atoms with van der Waals surface area (Å²) < 4.78 is 44.4. The van der Waals surface area contributed by atoms with Gasteiger partial charge in [-0.15, -0.1) is 0 Å². The second-order valence-corrected chi connectivity index (χ2v) is 15.9. The van der Waals surface area contributed by atoms with Crippen molar-refractivity contribution in [3.63, 3.8) is 0 Å². The van der Waals surface area contributed by atoms with Crippen molar-refractivity contribution in [3.8, 4) is 6.07 Å². The van der Waals surface area contributed by atoms with Gasteiger partial charge in [0.1, 0.15) is 19.0 Å². The SMILES string of the molecule is CC(C)(C)[Si](C)(C)OC1CC(OCOCc2ccccc2)C(C#N)(COCOCc2ccccc2)/C1=C\F. The Morgan fingerprint density at radius 3 is 2.00 bits per heavy atom. The summed E-state index contributed by atoms with van der Waals surface area (Å²) in [6.07, 6.45) is -0.426. The zero-order valence-electron chi connectivity index (χ0n) is 23.1. The normalized spacial score (nSPS) is 23.0. The number of ether oxygens (including phenoxy) is 4. The quantitative estimate of drug-likeness (QED) is 0.156. The van der Waals surface area contributed by atoms with Gasteiger partial charge in [0, 0.05) is 12.0 Å². The number of nitrogens with zero attached hydrogens (tertiary/aromatic N) is 1. The van der Waals surface area contributed by atoms with Crippen LogP contribution in [0.15, 0.2) is 72.6 Å². The van der Waals surface area contributed by atoms with Gasteiger partial charge >= 0.3 is 0 Å². The van der Waals surface area contributed by atoms with Gasteiger partial charge in [0.25, 0.3) is 0 Å². The van der Waals surface area contributed by atoms with Gasteiger partial charge in [0.05, 0.1) is 44.4 Å². The van der Waals surface area contributed by atoms with Crippen LogP contribution in [0.5, 0.6) is 0 Å². The molecule has 3 rings (SSSR count). The van der Waals surface area contributed by atoms with E-state index in [1.54, 1.807) is 0 Å². The van der Waals surface area contributed by atoms with E-state index in [1.807, 2.05) is 60.7 Å². The van der Waals surface area contributed by atoms with Gasteiger partial charge in [0.15, 0.2) is 8.32 Å². The summed E-state index contributed by atoms with van der Waals surface area (Å²) >= 11 is 0. The molecule has 0 N–H and O–H groups in total. The van der Waals surface area contributed by atoms with Crippen molar-refractivity contribution < 1.29 is 27.8 Å². The van der Waals surface area contributed by atoms with E-state index in [9.17, 15) is 9.65 Å². The minimum absolute atomic E-state index is 0.0388. The van der Waals surface area contributed by atoms with Gasteiger partial charge in [-0.05, 0) is 29.3 Å². The number of rotatable bonds is 13. The Morgan fingerprint density at radius 2 is 1.50 bits per heavy atom. The lowest BCUT2D eigenvalue weighted by Crippen LogP contribution is -2.44. The number of benzene rings is 2. The molecule has 1 aliphatic carbocycles. The second kappa shape index (κ2) is 13.6. The number of halogens is 1. The maximum Gasteiger partial charge on any atom is 0.192 e. The summed E-state index contributed by atoms with van der Waals surface area (Å²) in [5.41, 5.74) is 0.905. The molecule has 206 valence electrons. The second-order valence-electron chi connectivity index (χ2n) is 11.2. The Bertz CT molecular complexity index is 1070.